The molecule has 1 aliphatic heterocycles. The van der Waals surface area contributed by atoms with Crippen LogP contribution in [0.2, 0.25) is 0 Å². The number of fused-ring (bicyclic) bond motifs is 1. The summed E-state index contributed by atoms with van der Waals surface area (Å²) in [5.41, 5.74) is 4.43. The van der Waals surface area contributed by atoms with Crippen LogP contribution >= 0.6 is 0 Å². The number of rotatable bonds is 5. The van der Waals surface area contributed by atoms with Crippen molar-refractivity contribution in [3.63, 3.8) is 0 Å². The third-order valence-corrected chi connectivity index (χ3v) is 7.28. The average molecular weight is 470 g/mol. The molecule has 0 unspecified atom stereocenters. The second kappa shape index (κ2) is 9.22. The SMILES string of the molecule is CN1CCN(c2nc(N(C)c3ccc(-c4ccccn4)nc3)c3ncn(C4CCCC4)c3n2)CC1. The van der Waals surface area contributed by atoms with Gasteiger partial charge < -0.3 is 19.3 Å². The van der Waals surface area contributed by atoms with Crippen LogP contribution in [0, 0.1) is 0 Å². The number of aromatic nitrogens is 6. The molecule has 0 N–H and O–H groups in total. The lowest BCUT2D eigenvalue weighted by atomic mass is 10.2. The van der Waals surface area contributed by atoms with Gasteiger partial charge in [0.05, 0.1) is 29.6 Å². The van der Waals surface area contributed by atoms with Crippen LogP contribution in [0.3, 0.4) is 0 Å². The molecular formula is C26H31N9. The summed E-state index contributed by atoms with van der Waals surface area (Å²) < 4.78 is 2.28. The van der Waals surface area contributed by atoms with Crippen molar-refractivity contribution in [3.8, 4) is 11.4 Å². The van der Waals surface area contributed by atoms with Crippen LogP contribution in [0.4, 0.5) is 17.5 Å². The Balaban J connectivity index is 1.40. The molecule has 9 nitrogen and oxygen atoms in total. The smallest absolute Gasteiger partial charge is 0.229 e. The van der Waals surface area contributed by atoms with Gasteiger partial charge in [-0.25, -0.2) is 4.98 Å². The van der Waals surface area contributed by atoms with Gasteiger partial charge in [-0.3, -0.25) is 9.97 Å². The van der Waals surface area contributed by atoms with Gasteiger partial charge in [-0.15, -0.1) is 0 Å². The van der Waals surface area contributed by atoms with Gasteiger partial charge in [0.15, 0.2) is 17.0 Å². The van der Waals surface area contributed by atoms with E-state index in [9.17, 15) is 0 Å². The van der Waals surface area contributed by atoms with E-state index in [4.69, 9.17) is 15.0 Å². The minimum atomic E-state index is 0.465. The summed E-state index contributed by atoms with van der Waals surface area (Å²) in [5.74, 6) is 1.60. The largest absolute Gasteiger partial charge is 0.338 e. The van der Waals surface area contributed by atoms with Crippen molar-refractivity contribution >= 4 is 28.6 Å². The second-order valence-electron chi connectivity index (χ2n) is 9.58. The third-order valence-electron chi connectivity index (χ3n) is 7.28. The van der Waals surface area contributed by atoms with Gasteiger partial charge in [0.25, 0.3) is 0 Å². The molecule has 0 bridgehead atoms. The standard InChI is InChI=1S/C26H31N9/c1-32-13-15-34(16-14-32)26-30-24(23-25(31-26)35(18-29-23)19-7-3-4-8-19)33(2)20-10-11-22(28-17-20)21-9-5-6-12-27-21/h5-6,9-12,17-19H,3-4,7-8,13-16H2,1-2H3. The Hall–Kier alpha value is -3.59. The van der Waals surface area contributed by atoms with Crippen LogP contribution in [-0.4, -0.2) is 74.7 Å². The number of pyridine rings is 2. The summed E-state index contributed by atoms with van der Waals surface area (Å²) in [6.07, 6.45) is 10.5. The third kappa shape index (κ3) is 4.20. The highest BCUT2D eigenvalue weighted by Gasteiger charge is 2.25. The minimum Gasteiger partial charge on any atom is -0.338 e. The van der Waals surface area contributed by atoms with Crippen molar-refractivity contribution in [2.75, 3.05) is 50.1 Å². The van der Waals surface area contributed by atoms with E-state index >= 15 is 0 Å². The number of imidazole rings is 1. The van der Waals surface area contributed by atoms with Gasteiger partial charge in [-0.2, -0.15) is 9.97 Å². The van der Waals surface area contributed by atoms with Crippen molar-refractivity contribution in [1.29, 1.82) is 0 Å². The summed E-state index contributed by atoms with van der Waals surface area (Å²) in [4.78, 5) is 30.7. The highest BCUT2D eigenvalue weighted by atomic mass is 15.3. The number of hydrogen-bond donors (Lipinski definition) is 0. The molecule has 4 aromatic heterocycles. The zero-order valence-electron chi connectivity index (χ0n) is 20.4. The highest BCUT2D eigenvalue weighted by molar-refractivity contribution is 5.87. The molecule has 0 aromatic carbocycles. The van der Waals surface area contributed by atoms with Crippen molar-refractivity contribution < 1.29 is 0 Å². The Morgan fingerprint density at radius 3 is 2.40 bits per heavy atom. The van der Waals surface area contributed by atoms with Crippen LogP contribution < -0.4 is 9.80 Å². The molecule has 5 heterocycles. The first-order chi connectivity index (χ1) is 17.2. The second-order valence-corrected chi connectivity index (χ2v) is 9.58. The lowest BCUT2D eigenvalue weighted by molar-refractivity contribution is 0.311. The first kappa shape index (κ1) is 21.9. The molecule has 1 saturated carbocycles. The van der Waals surface area contributed by atoms with Crippen molar-refractivity contribution in [2.24, 2.45) is 0 Å². The Morgan fingerprint density at radius 2 is 1.69 bits per heavy atom. The van der Waals surface area contributed by atoms with Crippen molar-refractivity contribution in [1.82, 2.24) is 34.4 Å². The Morgan fingerprint density at radius 1 is 0.886 bits per heavy atom. The fraction of sp³-hybridized carbons (Fsp3) is 0.423. The number of anilines is 3. The maximum absolute atomic E-state index is 5.07. The lowest BCUT2D eigenvalue weighted by Gasteiger charge is -2.33. The van der Waals surface area contributed by atoms with Crippen LogP contribution in [-0.2, 0) is 0 Å². The predicted molar refractivity (Wildman–Crippen MR) is 138 cm³/mol. The summed E-state index contributed by atoms with van der Waals surface area (Å²) in [7, 11) is 4.19. The molecule has 4 aromatic rings. The summed E-state index contributed by atoms with van der Waals surface area (Å²) in [6.45, 7) is 3.85. The predicted octanol–water partition coefficient (Wildman–Crippen LogP) is 3.92. The first-order valence-electron chi connectivity index (χ1n) is 12.5. The van der Waals surface area contributed by atoms with E-state index in [1.165, 1.54) is 25.7 Å². The Labute approximate surface area is 205 Å². The molecule has 0 amide bonds. The van der Waals surface area contributed by atoms with Crippen LogP contribution in [0.15, 0.2) is 49.1 Å². The topological polar surface area (TPSA) is 79.1 Å². The molecule has 0 spiro atoms. The quantitative estimate of drug-likeness (QED) is 0.435. The van der Waals surface area contributed by atoms with E-state index in [0.29, 0.717) is 6.04 Å². The molecule has 2 fully saturated rings. The molecule has 35 heavy (non-hydrogen) atoms. The number of hydrogen-bond acceptors (Lipinski definition) is 8. The van der Waals surface area contributed by atoms with Crippen molar-refractivity contribution in [2.45, 2.75) is 31.7 Å². The Kier molecular flexibility index (Phi) is 5.77. The number of likely N-dealkylation sites (N-methyl/N-ethyl adjacent to an activating group) is 1. The molecule has 2 aliphatic rings. The van der Waals surface area contributed by atoms with E-state index in [2.05, 4.69) is 42.3 Å². The summed E-state index contributed by atoms with van der Waals surface area (Å²) >= 11 is 0. The van der Waals surface area contributed by atoms with E-state index in [1.807, 2.05) is 43.8 Å². The molecule has 6 rings (SSSR count). The van der Waals surface area contributed by atoms with Crippen LogP contribution in [0.25, 0.3) is 22.6 Å². The zero-order valence-corrected chi connectivity index (χ0v) is 20.4. The zero-order chi connectivity index (χ0) is 23.8. The van der Waals surface area contributed by atoms with Gasteiger partial charge in [0.2, 0.25) is 5.95 Å². The minimum absolute atomic E-state index is 0.465. The van der Waals surface area contributed by atoms with E-state index in [1.54, 1.807) is 6.20 Å². The van der Waals surface area contributed by atoms with Crippen LogP contribution in [0.1, 0.15) is 31.7 Å². The highest BCUT2D eigenvalue weighted by Crippen LogP contribution is 2.35. The lowest BCUT2D eigenvalue weighted by Crippen LogP contribution is -2.45. The van der Waals surface area contributed by atoms with Gasteiger partial charge in [-0.1, -0.05) is 18.9 Å². The van der Waals surface area contributed by atoms with Crippen LogP contribution in [0.5, 0.6) is 0 Å². The van der Waals surface area contributed by atoms with Gasteiger partial charge in [0.1, 0.15) is 0 Å². The fourth-order valence-electron chi connectivity index (χ4n) is 5.09. The van der Waals surface area contributed by atoms with Crippen molar-refractivity contribution in [3.05, 3.63) is 49.1 Å². The average Bonchev–Trinajstić information content (AvgIpc) is 3.59. The van der Waals surface area contributed by atoms with E-state index < -0.39 is 0 Å². The van der Waals surface area contributed by atoms with E-state index in [0.717, 1.165) is 66.2 Å². The molecular weight excluding hydrogens is 438 g/mol. The summed E-state index contributed by atoms with van der Waals surface area (Å²) in [5, 5.41) is 0. The molecule has 0 atom stereocenters. The molecule has 180 valence electrons. The summed E-state index contributed by atoms with van der Waals surface area (Å²) in [6, 6.07) is 10.4. The van der Waals surface area contributed by atoms with Gasteiger partial charge in [-0.05, 0) is 44.2 Å². The molecule has 1 aliphatic carbocycles. The van der Waals surface area contributed by atoms with E-state index in [-0.39, 0.29) is 0 Å². The maximum Gasteiger partial charge on any atom is 0.229 e. The maximum atomic E-state index is 5.07. The normalized spacial score (nSPS) is 17.4. The fourth-order valence-corrected chi connectivity index (χ4v) is 5.09. The molecule has 9 heteroatoms. The number of nitrogens with zero attached hydrogens (tertiary/aromatic N) is 9. The monoisotopic (exact) mass is 469 g/mol. The first-order valence-corrected chi connectivity index (χ1v) is 12.5. The molecule has 0 radical (unpaired) electrons. The number of piperazine rings is 1. The van der Waals surface area contributed by atoms with Gasteiger partial charge >= 0.3 is 0 Å². The van der Waals surface area contributed by atoms with Gasteiger partial charge in [0, 0.05) is 45.5 Å². The Bertz CT molecular complexity index is 1290. The molecule has 1 saturated heterocycles.